The number of aromatic nitrogens is 2. The van der Waals surface area contributed by atoms with Crippen molar-refractivity contribution in [1.82, 2.24) is 14.9 Å². The van der Waals surface area contributed by atoms with E-state index in [1.807, 2.05) is 55.3 Å². The second kappa shape index (κ2) is 6.83. The molecule has 1 atom stereocenters. The monoisotopic (exact) mass is 316 g/mol. The Hall–Kier alpha value is -2.34. The summed E-state index contributed by atoms with van der Waals surface area (Å²) in [7, 11) is 3.93. The highest BCUT2D eigenvalue weighted by molar-refractivity contribution is 5.64. The molecular formula is C17H21FN4O. The number of rotatable bonds is 6. The van der Waals surface area contributed by atoms with Crippen molar-refractivity contribution in [3.8, 4) is 17.0 Å². The number of benzene rings is 1. The molecule has 1 aromatic carbocycles. The van der Waals surface area contributed by atoms with Gasteiger partial charge in [-0.2, -0.15) is 0 Å². The van der Waals surface area contributed by atoms with Crippen LogP contribution in [0.4, 0.5) is 10.3 Å². The normalized spacial score (nSPS) is 16.5. The molecule has 2 aromatic rings. The first-order chi connectivity index (χ1) is 11.2. The van der Waals surface area contributed by atoms with Gasteiger partial charge in [0.05, 0.1) is 19.0 Å². The summed E-state index contributed by atoms with van der Waals surface area (Å²) in [5.74, 6) is 1.64. The first-order valence-electron chi connectivity index (χ1n) is 7.69. The maximum absolute atomic E-state index is 12.1. The molecule has 0 saturated heterocycles. The number of fused-ring (bicyclic) bond motifs is 1. The molecule has 0 saturated carbocycles. The lowest BCUT2D eigenvalue weighted by Crippen LogP contribution is -2.43. The molecule has 0 spiro atoms. The Balaban J connectivity index is 1.77. The largest absolute Gasteiger partial charge is 0.493 e. The Morgan fingerprint density at radius 2 is 2.09 bits per heavy atom. The molecule has 23 heavy (non-hydrogen) atoms. The molecule has 0 aliphatic carbocycles. The lowest BCUT2D eigenvalue weighted by atomic mass is 10.2. The van der Waals surface area contributed by atoms with Gasteiger partial charge in [-0.3, -0.25) is 14.3 Å². The summed E-state index contributed by atoms with van der Waals surface area (Å²) in [5, 5.41) is 3.22. The quantitative estimate of drug-likeness (QED) is 0.832. The van der Waals surface area contributed by atoms with E-state index in [1.165, 1.54) is 0 Å². The van der Waals surface area contributed by atoms with Gasteiger partial charge in [-0.1, -0.05) is 0 Å². The topological polar surface area (TPSA) is 42.3 Å². The first kappa shape index (κ1) is 15.6. The minimum absolute atomic E-state index is 0.143. The van der Waals surface area contributed by atoms with Crippen LogP contribution in [0.15, 0.2) is 36.5 Å². The number of anilines is 1. The van der Waals surface area contributed by atoms with E-state index >= 15 is 0 Å². The lowest BCUT2D eigenvalue weighted by Gasteiger charge is -2.29. The Labute approximate surface area is 135 Å². The zero-order valence-corrected chi connectivity index (χ0v) is 13.4. The second-order valence-corrected chi connectivity index (χ2v) is 5.43. The summed E-state index contributed by atoms with van der Waals surface area (Å²) >= 11 is 0. The van der Waals surface area contributed by atoms with Gasteiger partial charge in [0.1, 0.15) is 11.9 Å². The average Bonchev–Trinajstić information content (AvgIpc) is 3.01. The molecule has 2 heterocycles. The molecule has 1 aliphatic heterocycles. The summed E-state index contributed by atoms with van der Waals surface area (Å²) in [6.45, 7) is 0.0442. The van der Waals surface area contributed by atoms with E-state index in [-0.39, 0.29) is 12.8 Å². The smallest absolute Gasteiger partial charge is 0.211 e. The Kier molecular flexibility index (Phi) is 4.62. The molecule has 3 rings (SSSR count). The average molecular weight is 316 g/mol. The van der Waals surface area contributed by atoms with Gasteiger partial charge in [0, 0.05) is 31.4 Å². The fraction of sp³-hybridized carbons (Fsp3) is 0.353. The molecule has 0 radical (unpaired) electrons. The zero-order chi connectivity index (χ0) is 16.2. The van der Waals surface area contributed by atoms with Gasteiger partial charge in [0.2, 0.25) is 5.95 Å². The van der Waals surface area contributed by atoms with Crippen molar-refractivity contribution in [2.75, 3.05) is 32.3 Å². The molecule has 122 valence electrons. The Bertz CT molecular complexity index is 680. The molecule has 0 fully saturated rings. The molecule has 0 amide bonds. The molecule has 0 bridgehead atoms. The summed E-state index contributed by atoms with van der Waals surface area (Å²) < 4.78 is 19.6. The van der Waals surface area contributed by atoms with Crippen LogP contribution in [0.5, 0.6) is 5.75 Å². The van der Waals surface area contributed by atoms with Crippen LogP contribution >= 0.6 is 0 Å². The maximum Gasteiger partial charge on any atom is 0.211 e. The fourth-order valence-electron chi connectivity index (χ4n) is 2.58. The summed E-state index contributed by atoms with van der Waals surface area (Å²) in [5.41, 5.74) is 1.93. The highest BCUT2D eigenvalue weighted by atomic mass is 19.1. The molecule has 1 unspecified atom stereocenters. The Morgan fingerprint density at radius 3 is 2.78 bits per heavy atom. The van der Waals surface area contributed by atoms with Crippen LogP contribution in [-0.4, -0.2) is 43.1 Å². The third-order valence-corrected chi connectivity index (χ3v) is 3.87. The van der Waals surface area contributed by atoms with Crippen LogP contribution in [0, 0.1) is 0 Å². The van der Waals surface area contributed by atoms with Crippen molar-refractivity contribution in [2.24, 2.45) is 0 Å². The van der Waals surface area contributed by atoms with Crippen LogP contribution < -0.4 is 15.0 Å². The number of hydrogen-bond acceptors (Lipinski definition) is 4. The van der Waals surface area contributed by atoms with Crippen LogP contribution in [0.2, 0.25) is 0 Å². The van der Waals surface area contributed by atoms with E-state index in [0.29, 0.717) is 13.0 Å². The highest BCUT2D eigenvalue weighted by Crippen LogP contribution is 2.27. The number of ether oxygens (including phenoxy) is 1. The number of nitrogens with one attached hydrogen (secondary N) is 1. The van der Waals surface area contributed by atoms with E-state index in [2.05, 4.69) is 16.3 Å². The SMILES string of the molecule is CNC1C=Cn2cc(-c3ccc(OCCCF)cc3)nc2N1C. The van der Waals surface area contributed by atoms with E-state index in [4.69, 9.17) is 9.72 Å². The molecule has 1 N–H and O–H groups in total. The van der Waals surface area contributed by atoms with Crippen molar-refractivity contribution >= 4 is 12.1 Å². The maximum atomic E-state index is 12.1. The third kappa shape index (κ3) is 3.22. The molecule has 1 aromatic heterocycles. The van der Waals surface area contributed by atoms with Crippen LogP contribution in [0.3, 0.4) is 0 Å². The van der Waals surface area contributed by atoms with E-state index < -0.39 is 0 Å². The van der Waals surface area contributed by atoms with Gasteiger partial charge in [0.15, 0.2) is 0 Å². The second-order valence-electron chi connectivity index (χ2n) is 5.43. The van der Waals surface area contributed by atoms with E-state index in [1.54, 1.807) is 0 Å². The van der Waals surface area contributed by atoms with Gasteiger partial charge >= 0.3 is 0 Å². The predicted molar refractivity (Wildman–Crippen MR) is 90.3 cm³/mol. The van der Waals surface area contributed by atoms with Gasteiger partial charge in [-0.25, -0.2) is 4.98 Å². The predicted octanol–water partition coefficient (Wildman–Crippen LogP) is 2.75. The van der Waals surface area contributed by atoms with Crippen LogP contribution in [-0.2, 0) is 0 Å². The van der Waals surface area contributed by atoms with Crippen LogP contribution in [0.25, 0.3) is 17.5 Å². The van der Waals surface area contributed by atoms with E-state index in [0.717, 1.165) is 23.0 Å². The molecular weight excluding hydrogens is 295 g/mol. The minimum atomic E-state index is -0.354. The first-order valence-corrected chi connectivity index (χ1v) is 7.69. The van der Waals surface area contributed by atoms with Crippen molar-refractivity contribution < 1.29 is 9.13 Å². The highest BCUT2D eigenvalue weighted by Gasteiger charge is 2.20. The Morgan fingerprint density at radius 1 is 1.30 bits per heavy atom. The molecule has 1 aliphatic rings. The van der Waals surface area contributed by atoms with Crippen molar-refractivity contribution in [3.05, 3.63) is 36.5 Å². The number of hydrogen-bond donors (Lipinski definition) is 1. The van der Waals surface area contributed by atoms with Gasteiger partial charge in [-0.15, -0.1) is 0 Å². The van der Waals surface area contributed by atoms with Gasteiger partial charge in [0.25, 0.3) is 0 Å². The summed E-state index contributed by atoms with van der Waals surface area (Å²) in [4.78, 5) is 6.79. The number of halogens is 1. The summed E-state index contributed by atoms with van der Waals surface area (Å²) in [6.07, 6.45) is 6.67. The van der Waals surface area contributed by atoms with Gasteiger partial charge in [-0.05, 0) is 37.4 Å². The van der Waals surface area contributed by atoms with Crippen LogP contribution in [0.1, 0.15) is 6.42 Å². The van der Waals surface area contributed by atoms with Crippen molar-refractivity contribution in [1.29, 1.82) is 0 Å². The fourth-order valence-corrected chi connectivity index (χ4v) is 2.58. The lowest BCUT2D eigenvalue weighted by molar-refractivity contribution is 0.289. The van der Waals surface area contributed by atoms with Crippen molar-refractivity contribution in [3.63, 3.8) is 0 Å². The minimum Gasteiger partial charge on any atom is -0.493 e. The zero-order valence-electron chi connectivity index (χ0n) is 13.4. The standard InChI is InChI=1S/C17H21FN4O/c1-19-16-8-10-22-12-15(20-17(22)21(16)2)13-4-6-14(7-5-13)23-11-3-9-18/h4-8,10,12,16,19H,3,9,11H2,1-2H3. The van der Waals surface area contributed by atoms with Gasteiger partial charge < -0.3 is 9.64 Å². The summed E-state index contributed by atoms with van der Waals surface area (Å²) in [6, 6.07) is 7.72. The third-order valence-electron chi connectivity index (χ3n) is 3.87. The number of nitrogens with zero attached hydrogens (tertiary/aromatic N) is 3. The van der Waals surface area contributed by atoms with Crippen molar-refractivity contribution in [2.45, 2.75) is 12.6 Å². The molecule has 6 heteroatoms. The molecule has 5 nitrogen and oxygen atoms in total. The van der Waals surface area contributed by atoms with E-state index in [9.17, 15) is 4.39 Å². The number of imidazole rings is 1. The number of likely N-dealkylation sites (N-methyl/N-ethyl adjacent to an activating group) is 2. The number of alkyl halides is 1.